The number of aliphatic hydroxyl groups is 3. The lowest BCUT2D eigenvalue weighted by Gasteiger charge is -2.39. The van der Waals surface area contributed by atoms with Crippen LogP contribution in [0.3, 0.4) is 0 Å². The van der Waals surface area contributed by atoms with E-state index in [0.717, 1.165) is 18.2 Å². The normalized spacial score (nSPS) is 26.3. The summed E-state index contributed by atoms with van der Waals surface area (Å²) >= 11 is 0. The van der Waals surface area contributed by atoms with Crippen LogP contribution in [0.4, 0.5) is 0 Å². The van der Waals surface area contributed by atoms with Crippen molar-refractivity contribution in [3.05, 3.63) is 46.1 Å². The summed E-state index contributed by atoms with van der Waals surface area (Å²) in [7, 11) is 0. The van der Waals surface area contributed by atoms with E-state index in [1.165, 1.54) is 19.1 Å². The number of hydrogen-bond donors (Lipinski definition) is 7. The molecular weight excluding hydrogens is 412 g/mol. The first-order valence-corrected chi connectivity index (χ1v) is 9.34. The molecule has 2 heterocycles. The standard InChI is InChI=1S/C21H20O10/c1-7-17(27)18(28)19(29)21(30-7)16-12(25)5-11(24)15-13(26)6-14(31-20(15)16)8-2-3-9(22)10(23)4-8/h2-7,17-19,21-25,27-29H,1H3/t7-,17+,18+,19-,21+/m1/s1. The molecule has 0 bridgehead atoms. The molecule has 31 heavy (non-hydrogen) atoms. The van der Waals surface area contributed by atoms with Gasteiger partial charge in [0.25, 0.3) is 0 Å². The molecule has 7 N–H and O–H groups in total. The molecule has 1 fully saturated rings. The van der Waals surface area contributed by atoms with Crippen LogP contribution in [-0.4, -0.2) is 60.2 Å². The predicted molar refractivity (Wildman–Crippen MR) is 106 cm³/mol. The second-order valence-corrected chi connectivity index (χ2v) is 7.44. The fourth-order valence-electron chi connectivity index (χ4n) is 3.71. The van der Waals surface area contributed by atoms with E-state index in [4.69, 9.17) is 9.15 Å². The second kappa shape index (κ2) is 7.43. The van der Waals surface area contributed by atoms with Gasteiger partial charge in [-0.05, 0) is 25.1 Å². The molecule has 0 saturated carbocycles. The van der Waals surface area contributed by atoms with E-state index in [-0.39, 0.29) is 33.6 Å². The van der Waals surface area contributed by atoms with E-state index >= 15 is 0 Å². The Balaban J connectivity index is 1.98. The molecule has 5 atom stereocenters. The lowest BCUT2D eigenvalue weighted by molar-refractivity contribution is -0.219. The van der Waals surface area contributed by atoms with Crippen molar-refractivity contribution in [1.29, 1.82) is 0 Å². The number of benzene rings is 2. The molecule has 4 rings (SSSR count). The molecule has 10 heteroatoms. The summed E-state index contributed by atoms with van der Waals surface area (Å²) in [6.07, 6.45) is -7.02. The number of aliphatic hydroxyl groups excluding tert-OH is 3. The largest absolute Gasteiger partial charge is 0.507 e. The summed E-state index contributed by atoms with van der Waals surface area (Å²) in [5, 5.41) is 70.2. The van der Waals surface area contributed by atoms with Gasteiger partial charge in [0.05, 0.1) is 11.7 Å². The van der Waals surface area contributed by atoms with Crippen molar-refractivity contribution in [1.82, 2.24) is 0 Å². The molecule has 1 saturated heterocycles. The number of fused-ring (bicyclic) bond motifs is 1. The highest BCUT2D eigenvalue weighted by atomic mass is 16.5. The van der Waals surface area contributed by atoms with Crippen molar-refractivity contribution in [2.24, 2.45) is 0 Å². The van der Waals surface area contributed by atoms with Crippen molar-refractivity contribution in [3.63, 3.8) is 0 Å². The second-order valence-electron chi connectivity index (χ2n) is 7.44. The summed E-state index contributed by atoms with van der Waals surface area (Å²) in [6, 6.07) is 5.64. The van der Waals surface area contributed by atoms with Gasteiger partial charge in [-0.3, -0.25) is 4.79 Å². The summed E-state index contributed by atoms with van der Waals surface area (Å²) in [6.45, 7) is 1.45. The summed E-state index contributed by atoms with van der Waals surface area (Å²) in [5.74, 6) is -2.07. The Bertz CT molecular complexity index is 1220. The van der Waals surface area contributed by atoms with Crippen LogP contribution >= 0.6 is 0 Å². The summed E-state index contributed by atoms with van der Waals surface area (Å²) in [5.41, 5.74) is -1.01. The topological polar surface area (TPSA) is 181 Å². The monoisotopic (exact) mass is 432 g/mol. The van der Waals surface area contributed by atoms with Crippen LogP contribution in [0.25, 0.3) is 22.3 Å². The number of aromatic hydroxyl groups is 4. The summed E-state index contributed by atoms with van der Waals surface area (Å²) < 4.78 is 11.3. The number of phenolic OH excluding ortho intramolecular Hbond substituents is 4. The van der Waals surface area contributed by atoms with Gasteiger partial charge in [-0.2, -0.15) is 0 Å². The zero-order valence-electron chi connectivity index (χ0n) is 16.1. The zero-order valence-corrected chi connectivity index (χ0v) is 16.1. The van der Waals surface area contributed by atoms with Crippen molar-refractivity contribution in [3.8, 4) is 34.3 Å². The van der Waals surface area contributed by atoms with Gasteiger partial charge in [0.2, 0.25) is 0 Å². The lowest BCUT2D eigenvalue weighted by Crippen LogP contribution is -2.53. The highest BCUT2D eigenvalue weighted by Crippen LogP contribution is 2.43. The number of phenols is 4. The maximum Gasteiger partial charge on any atom is 0.197 e. The Morgan fingerprint density at radius 1 is 0.806 bits per heavy atom. The molecular formula is C21H20O10. The minimum atomic E-state index is -1.68. The highest BCUT2D eigenvalue weighted by molar-refractivity contribution is 5.89. The van der Waals surface area contributed by atoms with Crippen molar-refractivity contribution in [2.45, 2.75) is 37.4 Å². The van der Waals surface area contributed by atoms with E-state index in [2.05, 4.69) is 0 Å². The van der Waals surface area contributed by atoms with Gasteiger partial charge in [0, 0.05) is 17.7 Å². The van der Waals surface area contributed by atoms with Gasteiger partial charge in [-0.25, -0.2) is 0 Å². The molecule has 3 aromatic rings. The molecule has 164 valence electrons. The molecule has 0 aliphatic carbocycles. The SMILES string of the molecule is C[C@H]1O[C@@H](c2c(O)cc(O)c3c(=O)cc(-c4ccc(O)c(O)c4)oc23)[C@H](O)[C@@H](O)[C@H]1O. The average Bonchev–Trinajstić information content (AvgIpc) is 2.71. The zero-order chi connectivity index (χ0) is 22.6. The first-order valence-electron chi connectivity index (χ1n) is 9.34. The Hall–Kier alpha value is -3.31. The first kappa shape index (κ1) is 20.9. The van der Waals surface area contributed by atoms with Gasteiger partial charge in [-0.1, -0.05) is 0 Å². The maximum absolute atomic E-state index is 12.7. The van der Waals surface area contributed by atoms with Crippen molar-refractivity contribution in [2.75, 3.05) is 0 Å². The lowest BCUT2D eigenvalue weighted by atomic mass is 9.90. The van der Waals surface area contributed by atoms with Crippen LogP contribution in [0.5, 0.6) is 23.0 Å². The van der Waals surface area contributed by atoms with Crippen LogP contribution in [0.2, 0.25) is 0 Å². The van der Waals surface area contributed by atoms with Crippen LogP contribution < -0.4 is 5.43 Å². The minimum Gasteiger partial charge on any atom is -0.507 e. The van der Waals surface area contributed by atoms with E-state index in [1.54, 1.807) is 0 Å². The Labute approximate surface area is 174 Å². The van der Waals surface area contributed by atoms with Gasteiger partial charge in [-0.15, -0.1) is 0 Å². The van der Waals surface area contributed by atoms with E-state index < -0.39 is 53.2 Å². The van der Waals surface area contributed by atoms with Gasteiger partial charge >= 0.3 is 0 Å². The minimum absolute atomic E-state index is 0.0713. The van der Waals surface area contributed by atoms with Crippen molar-refractivity contribution >= 4 is 11.0 Å². The molecule has 0 unspecified atom stereocenters. The van der Waals surface area contributed by atoms with Crippen LogP contribution in [0, 0.1) is 0 Å². The number of rotatable bonds is 2. The van der Waals surface area contributed by atoms with E-state index in [0.29, 0.717) is 0 Å². The smallest absolute Gasteiger partial charge is 0.197 e. The van der Waals surface area contributed by atoms with Crippen molar-refractivity contribution < 1.29 is 44.9 Å². The van der Waals surface area contributed by atoms with Gasteiger partial charge in [0.1, 0.15) is 47.1 Å². The van der Waals surface area contributed by atoms with E-state index in [1.807, 2.05) is 0 Å². The van der Waals surface area contributed by atoms with Crippen LogP contribution in [-0.2, 0) is 4.74 Å². The Morgan fingerprint density at radius 3 is 2.19 bits per heavy atom. The van der Waals surface area contributed by atoms with Crippen LogP contribution in [0.15, 0.2) is 39.5 Å². The molecule has 0 amide bonds. The quantitative estimate of drug-likeness (QED) is 0.286. The molecule has 0 spiro atoms. The highest BCUT2D eigenvalue weighted by Gasteiger charge is 2.44. The molecule has 1 aromatic heterocycles. The molecule has 1 aliphatic heterocycles. The predicted octanol–water partition coefficient (Wildman–Crippen LogP) is 0.825. The first-order chi connectivity index (χ1) is 14.6. The summed E-state index contributed by atoms with van der Waals surface area (Å²) in [4.78, 5) is 12.7. The van der Waals surface area contributed by atoms with Crippen LogP contribution in [0.1, 0.15) is 18.6 Å². The number of ether oxygens (including phenoxy) is 1. The third-order valence-corrected chi connectivity index (χ3v) is 5.39. The Morgan fingerprint density at radius 2 is 1.52 bits per heavy atom. The van der Waals surface area contributed by atoms with Gasteiger partial charge in [0.15, 0.2) is 22.5 Å². The average molecular weight is 432 g/mol. The number of hydrogen-bond acceptors (Lipinski definition) is 10. The van der Waals surface area contributed by atoms with Gasteiger partial charge < -0.3 is 44.9 Å². The molecule has 0 radical (unpaired) electrons. The molecule has 1 aliphatic rings. The molecule has 10 nitrogen and oxygen atoms in total. The third kappa shape index (κ3) is 3.35. The third-order valence-electron chi connectivity index (χ3n) is 5.39. The van der Waals surface area contributed by atoms with E-state index in [9.17, 15) is 40.5 Å². The fraction of sp³-hybridized carbons (Fsp3) is 0.286. The fourth-order valence-corrected chi connectivity index (χ4v) is 3.71. The maximum atomic E-state index is 12.7. The Kier molecular flexibility index (Phi) is 5.02. The molecule has 2 aromatic carbocycles.